The molecule has 1 saturated heterocycles. The monoisotopic (exact) mass is 402 g/mol. The molecule has 8 heteroatoms. The molecule has 28 heavy (non-hydrogen) atoms. The summed E-state index contributed by atoms with van der Waals surface area (Å²) in [6.07, 6.45) is 1.84. The molecule has 0 unspecified atom stereocenters. The number of piperazine rings is 1. The molecular weight excluding hydrogens is 376 g/mol. The summed E-state index contributed by atoms with van der Waals surface area (Å²) in [4.78, 5) is 8.97. The molecular formula is C20H26N4O3S. The number of methoxy groups -OCH3 is 3. The third kappa shape index (κ3) is 4.82. The predicted octanol–water partition coefficient (Wildman–Crippen LogP) is 2.62. The first kappa shape index (κ1) is 20.2. The second-order valence-corrected chi connectivity index (χ2v) is 6.82. The number of hydrogen-bond acceptors (Lipinski definition) is 6. The van der Waals surface area contributed by atoms with Crippen molar-refractivity contribution in [2.24, 2.45) is 0 Å². The second kappa shape index (κ2) is 9.57. The molecule has 0 radical (unpaired) electrons. The van der Waals surface area contributed by atoms with Crippen LogP contribution in [0.2, 0.25) is 0 Å². The van der Waals surface area contributed by atoms with Gasteiger partial charge in [-0.25, -0.2) is 0 Å². The maximum atomic E-state index is 5.62. The molecule has 0 spiro atoms. The van der Waals surface area contributed by atoms with Gasteiger partial charge in [-0.05, 0) is 24.4 Å². The van der Waals surface area contributed by atoms with Crippen molar-refractivity contribution in [1.29, 1.82) is 0 Å². The van der Waals surface area contributed by atoms with Crippen molar-refractivity contribution < 1.29 is 14.2 Å². The van der Waals surface area contributed by atoms with Crippen LogP contribution < -0.4 is 19.5 Å². The fourth-order valence-corrected chi connectivity index (χ4v) is 3.49. The van der Waals surface area contributed by atoms with Crippen LogP contribution in [-0.2, 0) is 6.54 Å². The van der Waals surface area contributed by atoms with Gasteiger partial charge in [-0.3, -0.25) is 9.88 Å². The number of rotatable bonds is 6. The van der Waals surface area contributed by atoms with Gasteiger partial charge in [-0.1, -0.05) is 6.07 Å². The van der Waals surface area contributed by atoms with Gasteiger partial charge in [0.25, 0.3) is 0 Å². The smallest absolute Gasteiger partial charge is 0.203 e. The Bertz CT molecular complexity index is 770. The van der Waals surface area contributed by atoms with E-state index in [-0.39, 0.29) is 0 Å². The van der Waals surface area contributed by atoms with Gasteiger partial charge < -0.3 is 24.4 Å². The lowest BCUT2D eigenvalue weighted by molar-refractivity contribution is 0.175. The zero-order chi connectivity index (χ0) is 19.9. The quantitative estimate of drug-likeness (QED) is 0.740. The van der Waals surface area contributed by atoms with E-state index in [0.717, 1.165) is 44.1 Å². The van der Waals surface area contributed by atoms with Gasteiger partial charge in [0.15, 0.2) is 16.6 Å². The summed E-state index contributed by atoms with van der Waals surface area (Å²) in [7, 11) is 4.78. The van der Waals surface area contributed by atoms with E-state index < -0.39 is 0 Å². The molecule has 2 aromatic rings. The number of nitrogens with zero attached hydrogens (tertiary/aromatic N) is 3. The molecule has 1 aromatic heterocycles. The normalized spacial score (nSPS) is 14.5. The third-order valence-electron chi connectivity index (χ3n) is 4.69. The Morgan fingerprint density at radius 1 is 1.04 bits per heavy atom. The van der Waals surface area contributed by atoms with E-state index in [1.807, 2.05) is 30.5 Å². The maximum absolute atomic E-state index is 5.62. The average Bonchev–Trinajstić information content (AvgIpc) is 2.74. The molecule has 150 valence electrons. The van der Waals surface area contributed by atoms with Crippen LogP contribution in [-0.4, -0.2) is 67.4 Å². The number of hydrogen-bond donors (Lipinski definition) is 1. The van der Waals surface area contributed by atoms with E-state index in [1.54, 1.807) is 21.3 Å². The first-order valence-electron chi connectivity index (χ1n) is 9.12. The van der Waals surface area contributed by atoms with Gasteiger partial charge in [0.05, 0.1) is 27.0 Å². The molecule has 1 aliphatic rings. The van der Waals surface area contributed by atoms with Gasteiger partial charge in [-0.15, -0.1) is 0 Å². The molecule has 1 aliphatic heterocycles. The molecule has 0 atom stereocenters. The van der Waals surface area contributed by atoms with Crippen molar-refractivity contribution in [3.8, 4) is 17.2 Å². The van der Waals surface area contributed by atoms with Crippen LogP contribution in [0.25, 0.3) is 0 Å². The minimum absolute atomic E-state index is 0.560. The van der Waals surface area contributed by atoms with Crippen molar-refractivity contribution in [3.05, 3.63) is 42.2 Å². The van der Waals surface area contributed by atoms with Crippen LogP contribution in [0, 0.1) is 0 Å². The minimum atomic E-state index is 0.560. The van der Waals surface area contributed by atoms with E-state index in [9.17, 15) is 0 Å². The van der Waals surface area contributed by atoms with Crippen molar-refractivity contribution in [3.63, 3.8) is 0 Å². The summed E-state index contributed by atoms with van der Waals surface area (Å²) in [5.74, 6) is 1.74. The molecule has 1 aromatic carbocycles. The minimum Gasteiger partial charge on any atom is -0.493 e. The van der Waals surface area contributed by atoms with E-state index >= 15 is 0 Å². The lowest BCUT2D eigenvalue weighted by atomic mass is 10.2. The molecule has 1 N–H and O–H groups in total. The van der Waals surface area contributed by atoms with Crippen molar-refractivity contribution in [2.75, 3.05) is 52.8 Å². The Morgan fingerprint density at radius 2 is 1.71 bits per heavy atom. The summed E-state index contributed by atoms with van der Waals surface area (Å²) in [6, 6.07) is 9.72. The SMILES string of the molecule is COc1cc(NC(=S)N2CCN(Cc3ccccn3)CC2)cc(OC)c1OC. The fourth-order valence-electron chi connectivity index (χ4n) is 3.19. The van der Waals surface area contributed by atoms with Crippen molar-refractivity contribution >= 4 is 23.0 Å². The Morgan fingerprint density at radius 3 is 2.25 bits per heavy atom. The molecule has 0 aliphatic carbocycles. The third-order valence-corrected chi connectivity index (χ3v) is 5.05. The maximum Gasteiger partial charge on any atom is 0.203 e. The molecule has 0 saturated carbocycles. The number of pyridine rings is 1. The number of ether oxygens (including phenoxy) is 3. The highest BCUT2D eigenvalue weighted by Crippen LogP contribution is 2.40. The zero-order valence-electron chi connectivity index (χ0n) is 16.5. The highest BCUT2D eigenvalue weighted by atomic mass is 32.1. The molecule has 0 bridgehead atoms. The van der Waals surface area contributed by atoms with Crippen molar-refractivity contribution in [2.45, 2.75) is 6.54 Å². The predicted molar refractivity (Wildman–Crippen MR) is 113 cm³/mol. The highest BCUT2D eigenvalue weighted by Gasteiger charge is 2.20. The van der Waals surface area contributed by atoms with Crippen LogP contribution in [0.5, 0.6) is 17.2 Å². The lowest BCUT2D eigenvalue weighted by Crippen LogP contribution is -2.49. The van der Waals surface area contributed by atoms with Crippen LogP contribution in [0.1, 0.15) is 5.69 Å². The van der Waals surface area contributed by atoms with Gasteiger partial charge in [0.2, 0.25) is 5.75 Å². The van der Waals surface area contributed by atoms with E-state index in [4.69, 9.17) is 26.4 Å². The Kier molecular flexibility index (Phi) is 6.89. The first-order valence-corrected chi connectivity index (χ1v) is 9.53. The van der Waals surface area contributed by atoms with Crippen LogP contribution in [0.4, 0.5) is 5.69 Å². The van der Waals surface area contributed by atoms with Crippen LogP contribution in [0.3, 0.4) is 0 Å². The molecule has 1 fully saturated rings. The summed E-state index contributed by atoms with van der Waals surface area (Å²) in [5, 5.41) is 3.97. The van der Waals surface area contributed by atoms with Gasteiger partial charge in [0, 0.05) is 56.7 Å². The topological polar surface area (TPSA) is 59.1 Å². The second-order valence-electron chi connectivity index (χ2n) is 6.43. The largest absolute Gasteiger partial charge is 0.493 e. The number of aromatic nitrogens is 1. The summed E-state index contributed by atoms with van der Waals surface area (Å²) < 4.78 is 16.2. The number of nitrogens with one attached hydrogen (secondary N) is 1. The molecule has 0 amide bonds. The Balaban J connectivity index is 1.58. The Labute approximate surface area is 171 Å². The summed E-state index contributed by atoms with van der Waals surface area (Å²) >= 11 is 5.62. The number of benzene rings is 1. The molecule has 3 rings (SSSR count). The summed E-state index contributed by atoms with van der Waals surface area (Å²) in [5.41, 5.74) is 1.89. The fraction of sp³-hybridized carbons (Fsp3) is 0.400. The van der Waals surface area contributed by atoms with E-state index in [0.29, 0.717) is 22.4 Å². The standard InChI is InChI=1S/C20H26N4O3S/c1-25-17-12-16(13-18(26-2)19(17)27-3)22-20(28)24-10-8-23(9-11-24)14-15-6-4-5-7-21-15/h4-7,12-13H,8-11,14H2,1-3H3,(H,22,28). The highest BCUT2D eigenvalue weighted by molar-refractivity contribution is 7.80. The Hall–Kier alpha value is -2.58. The first-order chi connectivity index (χ1) is 13.6. The molecule has 7 nitrogen and oxygen atoms in total. The summed E-state index contributed by atoms with van der Waals surface area (Å²) in [6.45, 7) is 4.47. The average molecular weight is 403 g/mol. The number of thiocarbonyl (C=S) groups is 1. The van der Waals surface area contributed by atoms with Crippen molar-refractivity contribution in [1.82, 2.24) is 14.8 Å². The van der Waals surface area contributed by atoms with Gasteiger partial charge in [-0.2, -0.15) is 0 Å². The van der Waals surface area contributed by atoms with Crippen LogP contribution in [0.15, 0.2) is 36.5 Å². The van der Waals surface area contributed by atoms with Gasteiger partial charge in [0.1, 0.15) is 0 Å². The lowest BCUT2D eigenvalue weighted by Gasteiger charge is -2.36. The van der Waals surface area contributed by atoms with Crippen LogP contribution >= 0.6 is 12.2 Å². The number of anilines is 1. The van der Waals surface area contributed by atoms with Gasteiger partial charge >= 0.3 is 0 Å². The van der Waals surface area contributed by atoms with E-state index in [2.05, 4.69) is 26.2 Å². The van der Waals surface area contributed by atoms with E-state index in [1.165, 1.54) is 0 Å². The zero-order valence-corrected chi connectivity index (χ0v) is 17.3. The molecule has 2 heterocycles.